The highest BCUT2D eigenvalue weighted by molar-refractivity contribution is 5.69. The van der Waals surface area contributed by atoms with Crippen LogP contribution in [0, 0.1) is 12.3 Å². The van der Waals surface area contributed by atoms with Crippen LogP contribution in [0.4, 0.5) is 5.69 Å². The standard InChI is InChI=1S/C20H22N4/c1-6-15-9-16-7-8-20(24(16)22-11-15)19-10-18(23-14(4)5)17(12-21-19)13(2)3/h1,7-14H,2-5H3,(H,21,23). The summed E-state index contributed by atoms with van der Waals surface area (Å²) < 4.78 is 1.87. The van der Waals surface area contributed by atoms with Gasteiger partial charge in [0.25, 0.3) is 0 Å². The second kappa shape index (κ2) is 6.37. The summed E-state index contributed by atoms with van der Waals surface area (Å²) in [5.74, 6) is 3.03. The second-order valence-corrected chi connectivity index (χ2v) is 6.55. The van der Waals surface area contributed by atoms with Crippen LogP contribution in [0.5, 0.6) is 0 Å². The maximum absolute atomic E-state index is 5.45. The van der Waals surface area contributed by atoms with Crippen LogP contribution in [-0.2, 0) is 0 Å². The van der Waals surface area contributed by atoms with Gasteiger partial charge in [-0.1, -0.05) is 19.8 Å². The van der Waals surface area contributed by atoms with Crippen molar-refractivity contribution in [2.24, 2.45) is 0 Å². The summed E-state index contributed by atoms with van der Waals surface area (Å²) in [4.78, 5) is 4.66. The van der Waals surface area contributed by atoms with Crippen molar-refractivity contribution in [3.8, 4) is 23.7 Å². The summed E-state index contributed by atoms with van der Waals surface area (Å²) in [6.07, 6.45) is 9.11. The molecule has 0 aliphatic carbocycles. The number of nitrogens with one attached hydrogen (secondary N) is 1. The lowest BCUT2D eigenvalue weighted by Crippen LogP contribution is -2.12. The van der Waals surface area contributed by atoms with Gasteiger partial charge in [-0.2, -0.15) is 5.10 Å². The molecule has 0 saturated heterocycles. The van der Waals surface area contributed by atoms with Gasteiger partial charge in [0.15, 0.2) is 0 Å². The van der Waals surface area contributed by atoms with Gasteiger partial charge in [-0.3, -0.25) is 4.98 Å². The third-order valence-corrected chi connectivity index (χ3v) is 3.93. The van der Waals surface area contributed by atoms with Crippen molar-refractivity contribution in [1.29, 1.82) is 0 Å². The Balaban J connectivity index is 2.11. The smallest absolute Gasteiger partial charge is 0.0910 e. The van der Waals surface area contributed by atoms with E-state index in [2.05, 4.69) is 55.1 Å². The van der Waals surface area contributed by atoms with E-state index in [-0.39, 0.29) is 0 Å². The van der Waals surface area contributed by atoms with Gasteiger partial charge >= 0.3 is 0 Å². The normalized spacial score (nSPS) is 11.2. The molecule has 0 unspecified atom stereocenters. The van der Waals surface area contributed by atoms with Crippen molar-refractivity contribution in [1.82, 2.24) is 14.6 Å². The Bertz CT molecular complexity index is 913. The first kappa shape index (κ1) is 16.1. The molecule has 0 atom stereocenters. The molecule has 0 aliphatic rings. The van der Waals surface area contributed by atoms with E-state index in [4.69, 9.17) is 6.42 Å². The van der Waals surface area contributed by atoms with Crippen LogP contribution in [0.3, 0.4) is 0 Å². The van der Waals surface area contributed by atoms with Gasteiger partial charge in [0.05, 0.1) is 23.1 Å². The van der Waals surface area contributed by atoms with E-state index in [1.807, 2.05) is 28.9 Å². The Kier molecular flexibility index (Phi) is 4.26. The molecule has 24 heavy (non-hydrogen) atoms. The summed E-state index contributed by atoms with van der Waals surface area (Å²) in [6.45, 7) is 8.63. The molecule has 0 saturated carbocycles. The zero-order chi connectivity index (χ0) is 17.3. The van der Waals surface area contributed by atoms with E-state index in [0.717, 1.165) is 28.2 Å². The molecule has 0 radical (unpaired) electrons. The molecule has 3 aromatic rings. The monoisotopic (exact) mass is 318 g/mol. The predicted octanol–water partition coefficient (Wildman–Crippen LogP) is 4.32. The maximum atomic E-state index is 5.45. The average Bonchev–Trinajstić information content (AvgIpc) is 2.96. The Labute approximate surface area is 142 Å². The Hall–Kier alpha value is -2.80. The Morgan fingerprint density at radius 2 is 1.92 bits per heavy atom. The molecule has 3 rings (SSSR count). The van der Waals surface area contributed by atoms with Crippen molar-refractivity contribution >= 4 is 11.2 Å². The van der Waals surface area contributed by atoms with E-state index in [1.54, 1.807) is 6.20 Å². The van der Waals surface area contributed by atoms with Crippen molar-refractivity contribution in [2.45, 2.75) is 39.7 Å². The fraction of sp³-hybridized carbons (Fsp3) is 0.300. The van der Waals surface area contributed by atoms with Crippen LogP contribution in [0.25, 0.3) is 16.9 Å². The molecule has 4 nitrogen and oxygen atoms in total. The molecular weight excluding hydrogens is 296 g/mol. The summed E-state index contributed by atoms with van der Waals surface area (Å²) in [7, 11) is 0. The van der Waals surface area contributed by atoms with Gasteiger partial charge in [0.2, 0.25) is 0 Å². The second-order valence-electron chi connectivity index (χ2n) is 6.55. The largest absolute Gasteiger partial charge is 0.383 e. The number of fused-ring (bicyclic) bond motifs is 1. The minimum Gasteiger partial charge on any atom is -0.383 e. The lowest BCUT2D eigenvalue weighted by atomic mass is 10.0. The van der Waals surface area contributed by atoms with E-state index < -0.39 is 0 Å². The zero-order valence-corrected chi connectivity index (χ0v) is 14.5. The first-order valence-corrected chi connectivity index (χ1v) is 8.21. The van der Waals surface area contributed by atoms with E-state index >= 15 is 0 Å². The fourth-order valence-corrected chi connectivity index (χ4v) is 2.77. The van der Waals surface area contributed by atoms with E-state index in [0.29, 0.717) is 12.0 Å². The fourth-order valence-electron chi connectivity index (χ4n) is 2.77. The number of rotatable bonds is 4. The number of hydrogen-bond donors (Lipinski definition) is 1. The minimum atomic E-state index is 0.359. The number of aromatic nitrogens is 3. The average molecular weight is 318 g/mol. The Morgan fingerprint density at radius 1 is 1.12 bits per heavy atom. The first-order valence-electron chi connectivity index (χ1n) is 8.21. The topological polar surface area (TPSA) is 42.2 Å². The highest BCUT2D eigenvalue weighted by Gasteiger charge is 2.13. The highest BCUT2D eigenvalue weighted by atomic mass is 15.2. The molecule has 1 N–H and O–H groups in total. The van der Waals surface area contributed by atoms with Crippen molar-refractivity contribution < 1.29 is 0 Å². The van der Waals surface area contributed by atoms with Crippen LogP contribution < -0.4 is 5.32 Å². The van der Waals surface area contributed by atoms with Gasteiger partial charge in [0, 0.05) is 23.5 Å². The summed E-state index contributed by atoms with van der Waals surface area (Å²) in [6, 6.07) is 8.45. The van der Waals surface area contributed by atoms with Gasteiger partial charge in [0.1, 0.15) is 0 Å². The quantitative estimate of drug-likeness (QED) is 0.728. The zero-order valence-electron chi connectivity index (χ0n) is 14.5. The molecule has 122 valence electrons. The van der Waals surface area contributed by atoms with Gasteiger partial charge in [-0.05, 0) is 49.6 Å². The molecule has 0 fully saturated rings. The van der Waals surface area contributed by atoms with Gasteiger partial charge < -0.3 is 5.32 Å². The summed E-state index contributed by atoms with van der Waals surface area (Å²) >= 11 is 0. The molecule has 0 spiro atoms. The SMILES string of the molecule is C#Cc1cnn2c(-c3cc(NC(C)C)c(C(C)C)cn3)ccc2c1. The van der Waals surface area contributed by atoms with E-state index in [1.165, 1.54) is 5.56 Å². The van der Waals surface area contributed by atoms with E-state index in [9.17, 15) is 0 Å². The molecule has 0 bridgehead atoms. The van der Waals surface area contributed by atoms with Crippen molar-refractivity contribution in [2.75, 3.05) is 5.32 Å². The number of nitrogens with zero attached hydrogens (tertiary/aromatic N) is 3. The molecule has 0 aromatic carbocycles. The van der Waals surface area contributed by atoms with Crippen LogP contribution in [0.2, 0.25) is 0 Å². The van der Waals surface area contributed by atoms with Crippen LogP contribution in [-0.4, -0.2) is 20.6 Å². The summed E-state index contributed by atoms with van der Waals surface area (Å²) in [5, 5.41) is 7.98. The summed E-state index contributed by atoms with van der Waals surface area (Å²) in [5.41, 5.74) is 5.93. The minimum absolute atomic E-state index is 0.359. The van der Waals surface area contributed by atoms with Crippen LogP contribution in [0.1, 0.15) is 44.7 Å². The molecule has 0 amide bonds. The number of anilines is 1. The van der Waals surface area contributed by atoms with Gasteiger partial charge in [-0.15, -0.1) is 6.42 Å². The lowest BCUT2D eigenvalue weighted by molar-refractivity contribution is 0.839. The molecule has 3 heterocycles. The molecular formula is C20H22N4. The number of hydrogen-bond acceptors (Lipinski definition) is 3. The highest BCUT2D eigenvalue weighted by Crippen LogP contribution is 2.29. The predicted molar refractivity (Wildman–Crippen MR) is 99.2 cm³/mol. The molecule has 3 aromatic heterocycles. The van der Waals surface area contributed by atoms with Crippen molar-refractivity contribution in [3.05, 3.63) is 47.8 Å². The number of terminal acetylenes is 1. The Morgan fingerprint density at radius 3 is 2.58 bits per heavy atom. The lowest BCUT2D eigenvalue weighted by Gasteiger charge is -2.17. The third kappa shape index (κ3) is 2.98. The first-order chi connectivity index (χ1) is 11.5. The molecule has 0 aliphatic heterocycles. The molecule has 4 heteroatoms. The van der Waals surface area contributed by atoms with Gasteiger partial charge in [-0.25, -0.2) is 4.52 Å². The number of pyridine rings is 1. The van der Waals surface area contributed by atoms with Crippen molar-refractivity contribution in [3.63, 3.8) is 0 Å². The third-order valence-electron chi connectivity index (χ3n) is 3.93. The van der Waals surface area contributed by atoms with Crippen LogP contribution in [0.15, 0.2) is 36.7 Å². The van der Waals surface area contributed by atoms with Crippen LogP contribution >= 0.6 is 0 Å². The maximum Gasteiger partial charge on any atom is 0.0910 e.